The van der Waals surface area contributed by atoms with Crippen molar-refractivity contribution in [3.63, 3.8) is 0 Å². The standard InChI is InChI=1S/C18H17N3OS2/c1-3-6-13(4-2)20-11-21-17(22)9-14(16-7-5-8-23-16)15(10-19)18(21)24-12-20/h3-8,14H,1-2,9,11-12H2/b13-6+. The van der Waals surface area contributed by atoms with Crippen molar-refractivity contribution < 1.29 is 4.79 Å². The van der Waals surface area contributed by atoms with Crippen molar-refractivity contribution in [2.45, 2.75) is 12.3 Å². The zero-order valence-corrected chi connectivity index (χ0v) is 14.8. The fraction of sp³-hybridized carbons (Fsp3) is 0.222. The summed E-state index contributed by atoms with van der Waals surface area (Å²) >= 11 is 3.13. The highest BCUT2D eigenvalue weighted by Gasteiger charge is 2.38. The summed E-state index contributed by atoms with van der Waals surface area (Å²) in [5.41, 5.74) is 1.62. The maximum Gasteiger partial charge on any atom is 0.229 e. The Bertz CT molecular complexity index is 771. The lowest BCUT2D eigenvalue weighted by Crippen LogP contribution is -2.46. The molecule has 4 nitrogen and oxygen atoms in total. The maximum absolute atomic E-state index is 12.7. The van der Waals surface area contributed by atoms with Gasteiger partial charge in [0, 0.05) is 22.9 Å². The van der Waals surface area contributed by atoms with Crippen molar-refractivity contribution in [1.29, 1.82) is 5.26 Å². The van der Waals surface area contributed by atoms with Crippen molar-refractivity contribution in [2.75, 3.05) is 12.5 Å². The number of hydrogen-bond donors (Lipinski definition) is 0. The van der Waals surface area contributed by atoms with Crippen LogP contribution in [0.1, 0.15) is 17.2 Å². The zero-order valence-electron chi connectivity index (χ0n) is 13.1. The van der Waals surface area contributed by atoms with Crippen LogP contribution in [0.15, 0.2) is 65.2 Å². The van der Waals surface area contributed by atoms with Gasteiger partial charge in [-0.3, -0.25) is 9.69 Å². The lowest BCUT2D eigenvalue weighted by atomic mass is 9.92. The van der Waals surface area contributed by atoms with E-state index in [1.807, 2.05) is 23.6 Å². The van der Waals surface area contributed by atoms with E-state index in [-0.39, 0.29) is 11.8 Å². The minimum absolute atomic E-state index is 0.0571. The van der Waals surface area contributed by atoms with Crippen molar-refractivity contribution in [3.8, 4) is 6.07 Å². The van der Waals surface area contributed by atoms with E-state index < -0.39 is 0 Å². The number of carbonyl (C=O) groups is 1. The molecule has 3 heterocycles. The van der Waals surface area contributed by atoms with Crippen LogP contribution in [0, 0.1) is 11.3 Å². The molecule has 1 unspecified atom stereocenters. The van der Waals surface area contributed by atoms with E-state index in [9.17, 15) is 10.1 Å². The van der Waals surface area contributed by atoms with Crippen molar-refractivity contribution in [3.05, 3.63) is 70.1 Å². The second-order valence-electron chi connectivity index (χ2n) is 5.41. The SMILES string of the molecule is C=C/C=C(\C=C)N1CSC2=C(C#N)C(c3cccs3)CC(=O)N2C1. The molecule has 1 amide bonds. The number of nitriles is 1. The molecule has 1 aromatic heterocycles. The second kappa shape index (κ2) is 7.12. The van der Waals surface area contributed by atoms with Crippen molar-refractivity contribution in [1.82, 2.24) is 9.80 Å². The molecular weight excluding hydrogens is 338 g/mol. The van der Waals surface area contributed by atoms with Crippen molar-refractivity contribution >= 4 is 29.0 Å². The van der Waals surface area contributed by atoms with Crippen LogP contribution in [0.3, 0.4) is 0 Å². The third-order valence-corrected chi connectivity index (χ3v) is 6.18. The van der Waals surface area contributed by atoms with Crippen LogP contribution in [-0.4, -0.2) is 28.3 Å². The van der Waals surface area contributed by atoms with E-state index in [4.69, 9.17) is 0 Å². The monoisotopic (exact) mass is 355 g/mol. The van der Waals surface area contributed by atoms with E-state index in [0.717, 1.165) is 15.6 Å². The van der Waals surface area contributed by atoms with E-state index in [1.165, 1.54) is 11.8 Å². The molecule has 0 radical (unpaired) electrons. The normalized spacial score (nSPS) is 21.4. The van der Waals surface area contributed by atoms with Crippen LogP contribution < -0.4 is 0 Å². The highest BCUT2D eigenvalue weighted by atomic mass is 32.2. The van der Waals surface area contributed by atoms with E-state index in [0.29, 0.717) is 24.5 Å². The van der Waals surface area contributed by atoms with E-state index >= 15 is 0 Å². The largest absolute Gasteiger partial charge is 0.344 e. The molecular formula is C18H17N3OS2. The average Bonchev–Trinajstić information content (AvgIpc) is 3.14. The van der Waals surface area contributed by atoms with Gasteiger partial charge in [0.05, 0.1) is 29.2 Å². The van der Waals surface area contributed by atoms with E-state index in [1.54, 1.807) is 28.4 Å². The quantitative estimate of drug-likeness (QED) is 0.766. The zero-order chi connectivity index (χ0) is 17.1. The predicted molar refractivity (Wildman–Crippen MR) is 98.8 cm³/mol. The first-order chi connectivity index (χ1) is 11.7. The summed E-state index contributed by atoms with van der Waals surface area (Å²) in [5.74, 6) is 0.615. The third-order valence-electron chi connectivity index (χ3n) is 4.04. The van der Waals surface area contributed by atoms with Crippen LogP contribution in [-0.2, 0) is 4.79 Å². The van der Waals surface area contributed by atoms with Gasteiger partial charge in [0.1, 0.15) is 0 Å². The number of allylic oxidation sites excluding steroid dienone is 4. The molecule has 6 heteroatoms. The number of carbonyl (C=O) groups excluding carboxylic acids is 1. The molecule has 24 heavy (non-hydrogen) atoms. The molecule has 0 aromatic carbocycles. The van der Waals surface area contributed by atoms with Gasteiger partial charge in [-0.2, -0.15) is 5.26 Å². The molecule has 0 aliphatic carbocycles. The maximum atomic E-state index is 12.7. The van der Waals surface area contributed by atoms with Gasteiger partial charge in [0.15, 0.2) is 0 Å². The Labute approximate surface area is 150 Å². The molecule has 0 saturated carbocycles. The highest BCUT2D eigenvalue weighted by Crippen LogP contribution is 2.43. The minimum atomic E-state index is -0.115. The number of fused-ring (bicyclic) bond motifs is 1. The Balaban J connectivity index is 1.94. The molecule has 2 aliphatic rings. The molecule has 0 bridgehead atoms. The van der Waals surface area contributed by atoms with Gasteiger partial charge in [-0.15, -0.1) is 11.3 Å². The van der Waals surface area contributed by atoms with Crippen LogP contribution >= 0.6 is 23.1 Å². The Hall–Kier alpha value is -2.23. The van der Waals surface area contributed by atoms with Crippen molar-refractivity contribution in [2.24, 2.45) is 0 Å². The van der Waals surface area contributed by atoms with Crippen LogP contribution in [0.25, 0.3) is 0 Å². The molecule has 0 N–H and O–H groups in total. The Morgan fingerprint density at radius 1 is 1.46 bits per heavy atom. The van der Waals surface area contributed by atoms with Crippen LogP contribution in [0.5, 0.6) is 0 Å². The molecule has 1 fully saturated rings. The lowest BCUT2D eigenvalue weighted by Gasteiger charge is -2.42. The summed E-state index contributed by atoms with van der Waals surface area (Å²) in [6.45, 7) is 7.98. The Morgan fingerprint density at radius 2 is 2.29 bits per heavy atom. The Morgan fingerprint density at radius 3 is 2.92 bits per heavy atom. The molecule has 2 aliphatic heterocycles. The number of thioether (sulfide) groups is 1. The van der Waals surface area contributed by atoms with Gasteiger partial charge in [-0.05, 0) is 23.6 Å². The summed E-state index contributed by atoms with van der Waals surface area (Å²) in [7, 11) is 0. The number of rotatable bonds is 4. The smallest absolute Gasteiger partial charge is 0.229 e. The summed E-state index contributed by atoms with van der Waals surface area (Å²) in [5, 5.41) is 12.5. The summed E-state index contributed by atoms with van der Waals surface area (Å²) < 4.78 is 0. The minimum Gasteiger partial charge on any atom is -0.344 e. The summed E-state index contributed by atoms with van der Waals surface area (Å²) in [6.07, 6.45) is 5.68. The topological polar surface area (TPSA) is 47.3 Å². The first-order valence-electron chi connectivity index (χ1n) is 7.50. The molecule has 1 atom stereocenters. The molecule has 1 saturated heterocycles. The molecule has 1 aromatic rings. The highest BCUT2D eigenvalue weighted by molar-refractivity contribution is 8.03. The van der Waals surface area contributed by atoms with Gasteiger partial charge in [0.25, 0.3) is 0 Å². The first kappa shape index (κ1) is 16.6. The first-order valence-corrected chi connectivity index (χ1v) is 9.37. The van der Waals surface area contributed by atoms with Crippen LogP contribution in [0.4, 0.5) is 0 Å². The van der Waals surface area contributed by atoms with Gasteiger partial charge < -0.3 is 4.90 Å². The van der Waals surface area contributed by atoms with Gasteiger partial charge in [-0.25, -0.2) is 0 Å². The summed E-state index contributed by atoms with van der Waals surface area (Å²) in [4.78, 5) is 17.5. The number of nitrogens with zero attached hydrogens (tertiary/aromatic N) is 3. The molecule has 3 rings (SSSR count). The van der Waals surface area contributed by atoms with Gasteiger partial charge in [0.2, 0.25) is 5.91 Å². The Kier molecular flexibility index (Phi) is 4.93. The lowest BCUT2D eigenvalue weighted by molar-refractivity contribution is -0.131. The fourth-order valence-corrected chi connectivity index (χ4v) is 4.89. The number of amides is 1. The number of hydrogen-bond acceptors (Lipinski definition) is 5. The second-order valence-corrected chi connectivity index (χ2v) is 7.32. The van der Waals surface area contributed by atoms with Crippen LogP contribution in [0.2, 0.25) is 0 Å². The van der Waals surface area contributed by atoms with E-state index in [2.05, 4.69) is 24.1 Å². The number of thiophene rings is 1. The van der Waals surface area contributed by atoms with Gasteiger partial charge in [-0.1, -0.05) is 37.1 Å². The predicted octanol–water partition coefficient (Wildman–Crippen LogP) is 4.02. The third kappa shape index (κ3) is 2.93. The molecule has 122 valence electrons. The average molecular weight is 355 g/mol. The van der Waals surface area contributed by atoms with Gasteiger partial charge >= 0.3 is 0 Å². The summed E-state index contributed by atoms with van der Waals surface area (Å²) in [6, 6.07) is 6.31. The molecule has 0 spiro atoms. The fourth-order valence-electron chi connectivity index (χ4n) is 2.88.